The van der Waals surface area contributed by atoms with Crippen LogP contribution in [0.5, 0.6) is 0 Å². The minimum absolute atomic E-state index is 0.359. The van der Waals surface area contributed by atoms with E-state index in [9.17, 15) is 4.39 Å². The summed E-state index contributed by atoms with van der Waals surface area (Å²) in [5.74, 6) is 0.206. The third kappa shape index (κ3) is 2.12. The molecule has 0 radical (unpaired) electrons. The van der Waals surface area contributed by atoms with Gasteiger partial charge in [-0.25, -0.2) is 9.07 Å². The highest BCUT2D eigenvalue weighted by atomic mass is 35.5. The van der Waals surface area contributed by atoms with Crippen molar-refractivity contribution in [3.05, 3.63) is 69.4 Å². The summed E-state index contributed by atoms with van der Waals surface area (Å²) in [4.78, 5) is 5.24. The second-order valence-electron chi connectivity index (χ2n) is 4.79. The first-order valence-corrected chi connectivity index (χ1v) is 7.86. The maximum atomic E-state index is 14.3. The summed E-state index contributed by atoms with van der Waals surface area (Å²) in [5.41, 5.74) is 1.27. The first kappa shape index (κ1) is 13.5. The Morgan fingerprint density at radius 3 is 2.95 bits per heavy atom. The smallest absolute Gasteiger partial charge is 0.226 e. The molecule has 3 heterocycles. The summed E-state index contributed by atoms with van der Waals surface area (Å²) in [5, 5.41) is 9.76. The molecule has 4 nitrogen and oxygen atoms in total. The van der Waals surface area contributed by atoms with Crippen molar-refractivity contribution in [2.24, 2.45) is 0 Å². The van der Waals surface area contributed by atoms with Gasteiger partial charge in [-0.2, -0.15) is 10.1 Å². The summed E-state index contributed by atoms with van der Waals surface area (Å²) in [7, 11) is 0. The Morgan fingerprint density at radius 2 is 2.18 bits per heavy atom. The fourth-order valence-corrected chi connectivity index (χ4v) is 3.49. The van der Waals surface area contributed by atoms with Crippen molar-refractivity contribution in [1.82, 2.24) is 14.8 Å². The van der Waals surface area contributed by atoms with E-state index in [4.69, 9.17) is 11.6 Å². The molecule has 0 bridgehead atoms. The molecule has 0 fully saturated rings. The monoisotopic (exact) mass is 332 g/mol. The third-order valence-corrected chi connectivity index (χ3v) is 4.72. The number of halogens is 2. The molecular weight excluding hydrogens is 323 g/mol. The summed E-state index contributed by atoms with van der Waals surface area (Å²) in [6.45, 7) is 0. The lowest BCUT2D eigenvalue weighted by Crippen LogP contribution is -2.21. The van der Waals surface area contributed by atoms with E-state index in [-0.39, 0.29) is 5.82 Å². The number of rotatable bonds is 2. The summed E-state index contributed by atoms with van der Waals surface area (Å²) in [6.07, 6.45) is 3.35. The lowest BCUT2D eigenvalue weighted by molar-refractivity contribution is 0.552. The summed E-state index contributed by atoms with van der Waals surface area (Å²) < 4.78 is 15.9. The van der Waals surface area contributed by atoms with Crippen LogP contribution in [0.3, 0.4) is 0 Å². The van der Waals surface area contributed by atoms with Crippen LogP contribution in [0.4, 0.5) is 10.3 Å². The molecule has 4 rings (SSSR count). The number of aromatic nitrogens is 3. The number of thiophene rings is 1. The van der Waals surface area contributed by atoms with E-state index in [0.29, 0.717) is 16.5 Å². The molecular formula is C15H10ClFN4S. The zero-order valence-corrected chi connectivity index (χ0v) is 12.8. The van der Waals surface area contributed by atoms with E-state index in [1.54, 1.807) is 28.2 Å². The van der Waals surface area contributed by atoms with Crippen LogP contribution in [-0.2, 0) is 0 Å². The Bertz CT molecular complexity index is 836. The van der Waals surface area contributed by atoms with Crippen molar-refractivity contribution in [2.75, 3.05) is 5.32 Å². The number of hydrogen-bond donors (Lipinski definition) is 1. The maximum absolute atomic E-state index is 14.3. The first-order chi connectivity index (χ1) is 10.7. The van der Waals surface area contributed by atoms with Crippen molar-refractivity contribution in [3.63, 3.8) is 0 Å². The number of hydrogen-bond acceptors (Lipinski definition) is 4. The first-order valence-electron chi connectivity index (χ1n) is 6.60. The Balaban J connectivity index is 1.90. The number of anilines is 1. The topological polar surface area (TPSA) is 42.7 Å². The number of fused-ring (bicyclic) bond motifs is 1. The van der Waals surface area contributed by atoms with Gasteiger partial charge in [0, 0.05) is 10.6 Å². The van der Waals surface area contributed by atoms with Gasteiger partial charge in [-0.3, -0.25) is 0 Å². The highest BCUT2D eigenvalue weighted by molar-refractivity contribution is 7.11. The van der Waals surface area contributed by atoms with E-state index < -0.39 is 6.04 Å². The second kappa shape index (κ2) is 5.23. The average Bonchev–Trinajstić information content (AvgIpc) is 3.18. The second-order valence-corrected chi connectivity index (χ2v) is 6.15. The van der Waals surface area contributed by atoms with Crippen LogP contribution >= 0.6 is 22.9 Å². The summed E-state index contributed by atoms with van der Waals surface area (Å²) in [6, 6.07) is 8.19. The molecule has 0 spiro atoms. The quantitative estimate of drug-likeness (QED) is 0.765. The predicted molar refractivity (Wildman–Crippen MR) is 85.5 cm³/mol. The van der Waals surface area contributed by atoms with E-state index in [2.05, 4.69) is 15.4 Å². The third-order valence-electron chi connectivity index (χ3n) is 3.49. The largest absolute Gasteiger partial charge is 0.323 e. The van der Waals surface area contributed by atoms with E-state index in [1.807, 2.05) is 23.6 Å². The molecule has 110 valence electrons. The number of allylic oxidation sites excluding steroid dienone is 1. The van der Waals surface area contributed by atoms with Gasteiger partial charge >= 0.3 is 0 Å². The van der Waals surface area contributed by atoms with Crippen molar-refractivity contribution in [2.45, 2.75) is 6.04 Å². The van der Waals surface area contributed by atoms with Crippen LogP contribution in [-0.4, -0.2) is 14.8 Å². The summed E-state index contributed by atoms with van der Waals surface area (Å²) >= 11 is 7.82. The molecule has 0 aliphatic carbocycles. The minimum atomic E-state index is -0.440. The van der Waals surface area contributed by atoms with Crippen molar-refractivity contribution >= 4 is 34.6 Å². The SMILES string of the molecule is Fc1cccc(Cl)c1C1C=C(c2cccs2)Nc2ncnn21. The minimum Gasteiger partial charge on any atom is -0.323 e. The molecule has 7 heteroatoms. The van der Waals surface area contributed by atoms with Crippen molar-refractivity contribution in [1.29, 1.82) is 0 Å². The molecule has 2 aromatic heterocycles. The number of nitrogens with zero attached hydrogens (tertiary/aromatic N) is 3. The van der Waals surface area contributed by atoms with Gasteiger partial charge in [-0.1, -0.05) is 23.7 Å². The van der Waals surface area contributed by atoms with Gasteiger partial charge in [0.05, 0.1) is 10.6 Å². The number of nitrogens with one attached hydrogen (secondary N) is 1. The van der Waals surface area contributed by atoms with Gasteiger partial charge in [-0.05, 0) is 29.7 Å². The molecule has 1 atom stereocenters. The fourth-order valence-electron chi connectivity index (χ4n) is 2.51. The zero-order chi connectivity index (χ0) is 15.1. The van der Waals surface area contributed by atoms with Gasteiger partial charge in [0.1, 0.15) is 18.2 Å². The standard InChI is InChI=1S/C15H10ClFN4S/c16-9-3-1-4-10(17)14(9)12-7-11(13-5-2-6-22-13)20-15-18-8-19-21(12)15/h1-8,12H,(H,18,19,20). The molecule has 0 saturated carbocycles. The molecule has 1 unspecified atom stereocenters. The van der Waals surface area contributed by atoms with Gasteiger partial charge in [0.15, 0.2) is 0 Å². The normalized spacial score (nSPS) is 16.8. The number of benzene rings is 1. The van der Waals surface area contributed by atoms with Crippen LogP contribution in [0, 0.1) is 5.82 Å². The van der Waals surface area contributed by atoms with Gasteiger partial charge < -0.3 is 5.32 Å². The van der Waals surface area contributed by atoms with Crippen LogP contribution in [0.1, 0.15) is 16.5 Å². The lowest BCUT2D eigenvalue weighted by atomic mass is 10.0. The molecule has 0 amide bonds. The molecule has 1 aliphatic heterocycles. The maximum Gasteiger partial charge on any atom is 0.226 e. The predicted octanol–water partition coefficient (Wildman–Crippen LogP) is 4.19. The zero-order valence-electron chi connectivity index (χ0n) is 11.2. The van der Waals surface area contributed by atoms with Crippen LogP contribution in [0.15, 0.2) is 48.1 Å². The molecule has 3 aromatic rings. The Hall–Kier alpha value is -2.18. The highest BCUT2D eigenvalue weighted by Crippen LogP contribution is 2.36. The van der Waals surface area contributed by atoms with Crippen LogP contribution in [0.2, 0.25) is 5.02 Å². The van der Waals surface area contributed by atoms with E-state index in [1.165, 1.54) is 12.4 Å². The molecule has 0 saturated heterocycles. The van der Waals surface area contributed by atoms with Gasteiger partial charge in [0.2, 0.25) is 5.95 Å². The molecule has 22 heavy (non-hydrogen) atoms. The highest BCUT2D eigenvalue weighted by Gasteiger charge is 2.27. The Morgan fingerprint density at radius 1 is 1.27 bits per heavy atom. The van der Waals surface area contributed by atoms with Gasteiger partial charge in [-0.15, -0.1) is 11.3 Å². The molecule has 1 aromatic carbocycles. The van der Waals surface area contributed by atoms with Crippen LogP contribution in [0.25, 0.3) is 5.70 Å². The fraction of sp³-hybridized carbons (Fsp3) is 0.0667. The molecule has 1 aliphatic rings. The Labute approximate surface area is 134 Å². The van der Waals surface area contributed by atoms with Crippen molar-refractivity contribution in [3.8, 4) is 0 Å². The van der Waals surface area contributed by atoms with Crippen LogP contribution < -0.4 is 5.32 Å². The Kier molecular flexibility index (Phi) is 3.20. The average molecular weight is 333 g/mol. The van der Waals surface area contributed by atoms with E-state index in [0.717, 1.165) is 10.6 Å². The molecule has 1 N–H and O–H groups in total. The van der Waals surface area contributed by atoms with Crippen molar-refractivity contribution < 1.29 is 4.39 Å². The lowest BCUT2D eigenvalue weighted by Gasteiger charge is -2.24. The van der Waals surface area contributed by atoms with E-state index >= 15 is 0 Å². The van der Waals surface area contributed by atoms with Gasteiger partial charge in [0.25, 0.3) is 0 Å².